The number of methoxy groups -OCH3 is 3. The van der Waals surface area contributed by atoms with E-state index < -0.39 is 23.9 Å². The number of ether oxygens (including phenoxy) is 3. The van der Waals surface area contributed by atoms with Crippen molar-refractivity contribution in [2.75, 3.05) is 21.3 Å². The molecule has 0 heterocycles. The number of carbonyl (C=O) groups is 2. The fraction of sp³-hybridized carbons (Fsp3) is 0.556. The van der Waals surface area contributed by atoms with Crippen molar-refractivity contribution in [2.24, 2.45) is 11.8 Å². The zero-order valence-corrected chi connectivity index (χ0v) is 14.2. The van der Waals surface area contributed by atoms with Crippen LogP contribution in [0.2, 0.25) is 0 Å². The van der Waals surface area contributed by atoms with Gasteiger partial charge in [0.05, 0.1) is 39.3 Å². The Morgan fingerprint density at radius 3 is 2.04 bits per heavy atom. The monoisotopic (exact) mass is 336 g/mol. The highest BCUT2D eigenvalue weighted by atomic mass is 16.5. The number of esters is 2. The van der Waals surface area contributed by atoms with E-state index in [0.717, 1.165) is 11.3 Å². The molecule has 1 aliphatic carbocycles. The second kappa shape index (κ2) is 8.15. The number of hydrogen-bond donors (Lipinski definition) is 1. The predicted octanol–water partition coefficient (Wildman–Crippen LogP) is 1.90. The summed E-state index contributed by atoms with van der Waals surface area (Å²) in [5, 5.41) is 10.5. The summed E-state index contributed by atoms with van der Waals surface area (Å²) >= 11 is 0. The van der Waals surface area contributed by atoms with Gasteiger partial charge in [0.2, 0.25) is 0 Å². The van der Waals surface area contributed by atoms with Gasteiger partial charge in [-0.15, -0.1) is 0 Å². The van der Waals surface area contributed by atoms with Crippen LogP contribution in [-0.2, 0) is 19.1 Å². The summed E-state index contributed by atoms with van der Waals surface area (Å²) in [4.78, 5) is 24.1. The standard InChI is InChI=1S/C18H24O6/c1-22-12-6-4-11(5-7-12)15-10-16(19)14(18(21)24-3)9-8-13(15)17(20)23-2/h4-7,13-16,19H,8-10H2,1-3H3/t13-,14+,15+,16-/m1/s1. The van der Waals surface area contributed by atoms with Crippen molar-refractivity contribution in [1.82, 2.24) is 0 Å². The van der Waals surface area contributed by atoms with Gasteiger partial charge in [-0.1, -0.05) is 12.1 Å². The second-order valence-corrected chi connectivity index (χ2v) is 6.02. The first-order chi connectivity index (χ1) is 11.5. The number of rotatable bonds is 4. The molecule has 0 aliphatic heterocycles. The molecule has 1 N–H and O–H groups in total. The van der Waals surface area contributed by atoms with Crippen LogP contribution >= 0.6 is 0 Å². The quantitative estimate of drug-likeness (QED) is 0.668. The van der Waals surface area contributed by atoms with Crippen LogP contribution in [0.3, 0.4) is 0 Å². The van der Waals surface area contributed by atoms with Crippen LogP contribution in [0.4, 0.5) is 0 Å². The largest absolute Gasteiger partial charge is 0.497 e. The highest BCUT2D eigenvalue weighted by Gasteiger charge is 2.40. The Morgan fingerprint density at radius 1 is 0.958 bits per heavy atom. The molecule has 1 saturated carbocycles. The molecule has 0 saturated heterocycles. The molecule has 4 atom stereocenters. The zero-order valence-electron chi connectivity index (χ0n) is 14.2. The molecule has 6 heteroatoms. The van der Waals surface area contributed by atoms with Crippen molar-refractivity contribution >= 4 is 11.9 Å². The summed E-state index contributed by atoms with van der Waals surface area (Å²) in [6.45, 7) is 0. The lowest BCUT2D eigenvalue weighted by molar-refractivity contribution is -0.150. The van der Waals surface area contributed by atoms with Gasteiger partial charge in [0.1, 0.15) is 5.75 Å². The Morgan fingerprint density at radius 2 is 1.50 bits per heavy atom. The molecule has 0 radical (unpaired) electrons. The average Bonchev–Trinajstić information content (AvgIpc) is 2.79. The third-order valence-corrected chi connectivity index (χ3v) is 4.79. The van der Waals surface area contributed by atoms with Gasteiger partial charge >= 0.3 is 11.9 Å². The van der Waals surface area contributed by atoms with Crippen LogP contribution in [-0.4, -0.2) is 44.5 Å². The van der Waals surface area contributed by atoms with Gasteiger partial charge in [0.25, 0.3) is 0 Å². The van der Waals surface area contributed by atoms with Crippen molar-refractivity contribution in [3.8, 4) is 5.75 Å². The molecule has 1 aliphatic rings. The number of aliphatic hydroxyl groups excluding tert-OH is 1. The summed E-state index contributed by atoms with van der Waals surface area (Å²) in [7, 11) is 4.24. The summed E-state index contributed by atoms with van der Waals surface area (Å²) in [5.74, 6) is -1.31. The third-order valence-electron chi connectivity index (χ3n) is 4.79. The van der Waals surface area contributed by atoms with Crippen LogP contribution < -0.4 is 4.74 Å². The number of carbonyl (C=O) groups excluding carboxylic acids is 2. The van der Waals surface area contributed by atoms with Gasteiger partial charge in [0.15, 0.2) is 0 Å². The molecule has 0 unspecified atom stereocenters. The zero-order chi connectivity index (χ0) is 17.7. The Bertz CT molecular complexity index is 567. The Kier molecular flexibility index (Phi) is 6.20. The van der Waals surface area contributed by atoms with E-state index in [1.165, 1.54) is 14.2 Å². The molecule has 1 aromatic rings. The first kappa shape index (κ1) is 18.3. The molecule has 1 fully saturated rings. The van der Waals surface area contributed by atoms with E-state index in [1.54, 1.807) is 7.11 Å². The van der Waals surface area contributed by atoms with Gasteiger partial charge in [-0.3, -0.25) is 9.59 Å². The second-order valence-electron chi connectivity index (χ2n) is 6.02. The highest BCUT2D eigenvalue weighted by Crippen LogP contribution is 2.40. The smallest absolute Gasteiger partial charge is 0.311 e. The summed E-state index contributed by atoms with van der Waals surface area (Å²) in [6.07, 6.45) is 0.283. The molecule has 0 spiro atoms. The van der Waals surface area contributed by atoms with E-state index in [1.807, 2.05) is 24.3 Å². The lowest BCUT2D eigenvalue weighted by Gasteiger charge is -2.25. The van der Waals surface area contributed by atoms with Crippen LogP contribution in [0.5, 0.6) is 5.75 Å². The Hall–Kier alpha value is -2.08. The molecule has 6 nitrogen and oxygen atoms in total. The molecule has 24 heavy (non-hydrogen) atoms. The van der Waals surface area contributed by atoms with Gasteiger partial charge in [-0.25, -0.2) is 0 Å². The van der Waals surface area contributed by atoms with Gasteiger partial charge in [-0.05, 0) is 42.9 Å². The SMILES string of the molecule is COC(=O)[C@H]1CC[C@@H](C(=O)OC)[C@H](c2ccc(OC)cc2)C[C@H]1O. The number of aliphatic hydroxyl groups is 1. The predicted molar refractivity (Wildman–Crippen MR) is 86.6 cm³/mol. The first-order valence-corrected chi connectivity index (χ1v) is 7.99. The molecular weight excluding hydrogens is 312 g/mol. The lowest BCUT2D eigenvalue weighted by Crippen LogP contribution is -2.29. The molecule has 1 aromatic carbocycles. The normalized spacial score (nSPS) is 27.0. The topological polar surface area (TPSA) is 82.1 Å². The minimum Gasteiger partial charge on any atom is -0.497 e. The van der Waals surface area contributed by atoms with Crippen LogP contribution in [0.15, 0.2) is 24.3 Å². The molecule has 132 valence electrons. The van der Waals surface area contributed by atoms with Crippen molar-refractivity contribution < 1.29 is 28.9 Å². The van der Waals surface area contributed by atoms with E-state index >= 15 is 0 Å². The first-order valence-electron chi connectivity index (χ1n) is 7.99. The molecule has 2 rings (SSSR count). The summed E-state index contributed by atoms with van der Waals surface area (Å²) < 4.78 is 14.9. The minimum atomic E-state index is -0.862. The van der Waals surface area contributed by atoms with E-state index in [2.05, 4.69) is 0 Å². The van der Waals surface area contributed by atoms with Crippen molar-refractivity contribution in [3.63, 3.8) is 0 Å². The molecular formula is C18H24O6. The Balaban J connectivity index is 2.32. The van der Waals surface area contributed by atoms with Crippen molar-refractivity contribution in [2.45, 2.75) is 31.3 Å². The van der Waals surface area contributed by atoms with E-state index in [-0.39, 0.29) is 11.9 Å². The molecule has 0 amide bonds. The average molecular weight is 336 g/mol. The van der Waals surface area contributed by atoms with Gasteiger partial charge in [-0.2, -0.15) is 0 Å². The summed E-state index contributed by atoms with van der Waals surface area (Å²) in [5.41, 5.74) is 0.913. The van der Waals surface area contributed by atoms with Gasteiger partial charge < -0.3 is 19.3 Å². The van der Waals surface area contributed by atoms with Gasteiger partial charge in [0, 0.05) is 0 Å². The lowest BCUT2D eigenvalue weighted by atomic mass is 9.82. The minimum absolute atomic E-state index is 0.229. The van der Waals surface area contributed by atoms with E-state index in [9.17, 15) is 14.7 Å². The fourth-order valence-corrected chi connectivity index (χ4v) is 3.42. The number of hydrogen-bond acceptors (Lipinski definition) is 6. The Labute approximate surface area is 141 Å². The highest BCUT2D eigenvalue weighted by molar-refractivity contribution is 5.75. The van der Waals surface area contributed by atoms with Crippen molar-refractivity contribution in [1.29, 1.82) is 0 Å². The van der Waals surface area contributed by atoms with Crippen LogP contribution in [0.25, 0.3) is 0 Å². The maximum absolute atomic E-state index is 12.2. The molecule has 0 bridgehead atoms. The summed E-state index contributed by atoms with van der Waals surface area (Å²) in [6, 6.07) is 7.40. The van der Waals surface area contributed by atoms with E-state index in [4.69, 9.17) is 14.2 Å². The van der Waals surface area contributed by atoms with Crippen LogP contribution in [0, 0.1) is 11.8 Å². The number of benzene rings is 1. The molecule has 0 aromatic heterocycles. The third kappa shape index (κ3) is 3.87. The fourth-order valence-electron chi connectivity index (χ4n) is 3.42. The maximum Gasteiger partial charge on any atom is 0.311 e. The maximum atomic E-state index is 12.2. The van der Waals surface area contributed by atoms with E-state index in [0.29, 0.717) is 19.3 Å². The van der Waals surface area contributed by atoms with Crippen LogP contribution in [0.1, 0.15) is 30.7 Å². The van der Waals surface area contributed by atoms with Crippen molar-refractivity contribution in [3.05, 3.63) is 29.8 Å².